The van der Waals surface area contributed by atoms with Crippen molar-refractivity contribution in [1.82, 2.24) is 20.2 Å². The average Bonchev–Trinajstić information content (AvgIpc) is 3.16. The van der Waals surface area contributed by atoms with E-state index in [4.69, 9.17) is 0 Å². The molecule has 1 aliphatic carbocycles. The highest BCUT2D eigenvalue weighted by molar-refractivity contribution is 7.18. The lowest BCUT2D eigenvalue weighted by Gasteiger charge is -2.09. The smallest absolute Gasteiger partial charge is 0.259 e. The van der Waals surface area contributed by atoms with E-state index in [0.717, 1.165) is 34.5 Å². The largest absolute Gasteiger partial charge is 0.310 e. The first kappa shape index (κ1) is 16.3. The summed E-state index contributed by atoms with van der Waals surface area (Å²) < 4.78 is 0. The first-order valence-electron chi connectivity index (χ1n) is 8.23. The fourth-order valence-electron chi connectivity index (χ4n) is 3.09. The van der Waals surface area contributed by atoms with Gasteiger partial charge in [-0.15, -0.1) is 21.5 Å². The highest BCUT2D eigenvalue weighted by Gasteiger charge is 2.20. The second-order valence-corrected chi connectivity index (χ2v) is 8.34. The number of aromatic nitrogens is 4. The number of rotatable bonds is 4. The summed E-state index contributed by atoms with van der Waals surface area (Å²) in [5.74, 6) is 0.393. The summed E-state index contributed by atoms with van der Waals surface area (Å²) in [4.78, 5) is 34.0. The van der Waals surface area contributed by atoms with Gasteiger partial charge in [0.25, 0.3) is 5.56 Å². The fourth-order valence-corrected chi connectivity index (χ4v) is 4.98. The maximum atomic E-state index is 12.5. The Hall–Kier alpha value is -2.13. The number of hydrogen-bond acceptors (Lipinski definition) is 7. The van der Waals surface area contributed by atoms with Crippen molar-refractivity contribution in [2.24, 2.45) is 0 Å². The van der Waals surface area contributed by atoms with Gasteiger partial charge in [-0.25, -0.2) is 4.98 Å². The molecule has 4 rings (SSSR count). The quantitative estimate of drug-likeness (QED) is 0.730. The number of carbonyl (C=O) groups is 1. The number of anilines is 1. The van der Waals surface area contributed by atoms with Crippen LogP contribution in [0.15, 0.2) is 4.79 Å². The summed E-state index contributed by atoms with van der Waals surface area (Å²) in [6.45, 7) is 1.83. The van der Waals surface area contributed by atoms with Crippen molar-refractivity contribution in [3.63, 3.8) is 0 Å². The van der Waals surface area contributed by atoms with Crippen molar-refractivity contribution in [2.75, 3.05) is 5.32 Å². The van der Waals surface area contributed by atoms with E-state index in [9.17, 15) is 9.59 Å². The first-order valence-corrected chi connectivity index (χ1v) is 9.87. The molecule has 0 atom stereocenters. The molecule has 0 aromatic carbocycles. The van der Waals surface area contributed by atoms with Gasteiger partial charge in [-0.05, 0) is 38.2 Å². The standard InChI is InChI=1S/C16H17N5O2S2/c1-8-20-21-16(24-8)19-12(22)7-6-11-17-14(23)13-9-4-2-3-5-10(9)25-15(13)18-11/h2-7H2,1H3,(H,17,18,23)(H,19,21,22). The summed E-state index contributed by atoms with van der Waals surface area (Å²) >= 11 is 2.95. The molecule has 3 heterocycles. The van der Waals surface area contributed by atoms with Crippen molar-refractivity contribution >= 4 is 43.9 Å². The van der Waals surface area contributed by atoms with E-state index in [2.05, 4.69) is 25.5 Å². The zero-order valence-corrected chi connectivity index (χ0v) is 15.4. The Kier molecular flexibility index (Phi) is 4.34. The Morgan fingerprint density at radius 2 is 2.08 bits per heavy atom. The Morgan fingerprint density at radius 1 is 1.24 bits per heavy atom. The molecule has 0 bridgehead atoms. The molecule has 0 fully saturated rings. The van der Waals surface area contributed by atoms with Gasteiger partial charge in [0.15, 0.2) is 0 Å². The molecule has 3 aromatic heterocycles. The second-order valence-electron chi connectivity index (χ2n) is 6.08. The Morgan fingerprint density at radius 3 is 2.88 bits per heavy atom. The minimum Gasteiger partial charge on any atom is -0.310 e. The van der Waals surface area contributed by atoms with Gasteiger partial charge in [0.05, 0.1) is 5.39 Å². The van der Waals surface area contributed by atoms with Gasteiger partial charge >= 0.3 is 0 Å². The van der Waals surface area contributed by atoms with Crippen molar-refractivity contribution in [3.8, 4) is 0 Å². The third-order valence-corrected chi connectivity index (χ3v) is 6.18. The minimum absolute atomic E-state index is 0.0837. The Bertz CT molecular complexity index is 1000. The number of fused-ring (bicyclic) bond motifs is 3. The number of carbonyl (C=O) groups excluding carboxylic acids is 1. The second kappa shape index (κ2) is 6.64. The molecule has 1 amide bonds. The number of thiophene rings is 1. The number of nitrogens with one attached hydrogen (secondary N) is 2. The monoisotopic (exact) mass is 375 g/mol. The molecule has 9 heteroatoms. The first-order chi connectivity index (χ1) is 12.1. The van der Waals surface area contributed by atoms with Crippen LogP contribution in [-0.2, 0) is 24.1 Å². The molecule has 0 unspecified atom stereocenters. The van der Waals surface area contributed by atoms with Crippen LogP contribution in [0, 0.1) is 6.92 Å². The molecule has 2 N–H and O–H groups in total. The molecule has 1 aliphatic rings. The molecule has 0 radical (unpaired) electrons. The van der Waals surface area contributed by atoms with E-state index in [0.29, 0.717) is 17.4 Å². The van der Waals surface area contributed by atoms with Crippen molar-refractivity contribution < 1.29 is 4.79 Å². The van der Waals surface area contributed by atoms with Gasteiger partial charge in [-0.2, -0.15) is 0 Å². The molecule has 0 spiro atoms. The number of H-pyrrole nitrogens is 1. The molecule has 3 aromatic rings. The van der Waals surface area contributed by atoms with Crippen LogP contribution >= 0.6 is 22.7 Å². The van der Waals surface area contributed by atoms with Crippen LogP contribution in [-0.4, -0.2) is 26.1 Å². The third-order valence-electron chi connectivity index (χ3n) is 4.24. The van der Waals surface area contributed by atoms with Gasteiger partial charge in [0.2, 0.25) is 11.0 Å². The van der Waals surface area contributed by atoms with Gasteiger partial charge < -0.3 is 10.3 Å². The van der Waals surface area contributed by atoms with E-state index in [-0.39, 0.29) is 17.9 Å². The number of amides is 1. The van der Waals surface area contributed by atoms with Crippen LogP contribution in [0.5, 0.6) is 0 Å². The molecule has 25 heavy (non-hydrogen) atoms. The van der Waals surface area contributed by atoms with Crippen LogP contribution in [0.3, 0.4) is 0 Å². The van der Waals surface area contributed by atoms with Crippen molar-refractivity contribution in [2.45, 2.75) is 45.4 Å². The van der Waals surface area contributed by atoms with Crippen molar-refractivity contribution in [1.29, 1.82) is 0 Å². The third kappa shape index (κ3) is 3.34. The SMILES string of the molecule is Cc1nnc(NC(=O)CCc2nc3sc4c(c3c(=O)[nH]2)CCCC4)s1. The summed E-state index contributed by atoms with van der Waals surface area (Å²) in [7, 11) is 0. The molecule has 0 saturated heterocycles. The van der Waals surface area contributed by atoms with Crippen LogP contribution in [0.1, 0.15) is 40.5 Å². The van der Waals surface area contributed by atoms with Gasteiger partial charge in [0, 0.05) is 17.7 Å². The summed E-state index contributed by atoms with van der Waals surface area (Å²) in [6, 6.07) is 0. The highest BCUT2D eigenvalue weighted by atomic mass is 32.1. The topological polar surface area (TPSA) is 101 Å². The zero-order chi connectivity index (χ0) is 17.4. The van der Waals surface area contributed by atoms with E-state index < -0.39 is 0 Å². The lowest BCUT2D eigenvalue weighted by atomic mass is 9.97. The maximum Gasteiger partial charge on any atom is 0.259 e. The average molecular weight is 375 g/mol. The van der Waals surface area contributed by atoms with Gasteiger partial charge in [-0.1, -0.05) is 11.3 Å². The number of aromatic amines is 1. The fraction of sp³-hybridized carbons (Fsp3) is 0.438. The van der Waals surface area contributed by atoms with E-state index in [1.54, 1.807) is 11.3 Å². The van der Waals surface area contributed by atoms with Crippen molar-refractivity contribution in [3.05, 3.63) is 31.6 Å². The van der Waals surface area contributed by atoms with Gasteiger partial charge in [-0.3, -0.25) is 9.59 Å². The predicted octanol–water partition coefficient (Wildman–Crippen LogP) is 2.59. The van der Waals surface area contributed by atoms with E-state index in [1.165, 1.54) is 28.2 Å². The van der Waals surface area contributed by atoms with Crippen LogP contribution < -0.4 is 10.9 Å². The molecule has 7 nitrogen and oxygen atoms in total. The summed E-state index contributed by atoms with van der Waals surface area (Å²) in [6.07, 6.45) is 4.93. The lowest BCUT2D eigenvalue weighted by Crippen LogP contribution is -2.16. The lowest BCUT2D eigenvalue weighted by molar-refractivity contribution is -0.116. The minimum atomic E-state index is -0.163. The van der Waals surface area contributed by atoms with E-state index in [1.807, 2.05) is 6.92 Å². The molecule has 0 aliphatic heterocycles. The van der Waals surface area contributed by atoms with Crippen LogP contribution in [0.25, 0.3) is 10.2 Å². The maximum absolute atomic E-state index is 12.5. The normalized spacial score (nSPS) is 13.8. The van der Waals surface area contributed by atoms with Crippen LogP contribution in [0.2, 0.25) is 0 Å². The molecular formula is C16H17N5O2S2. The van der Waals surface area contributed by atoms with E-state index >= 15 is 0 Å². The van der Waals surface area contributed by atoms with Gasteiger partial charge in [0.1, 0.15) is 15.7 Å². The highest BCUT2D eigenvalue weighted by Crippen LogP contribution is 2.33. The van der Waals surface area contributed by atoms with Crippen LogP contribution in [0.4, 0.5) is 5.13 Å². The number of hydrogen-bond donors (Lipinski definition) is 2. The zero-order valence-electron chi connectivity index (χ0n) is 13.7. The molecule has 130 valence electrons. The molecule has 0 saturated carbocycles. The predicted molar refractivity (Wildman–Crippen MR) is 98.5 cm³/mol. The Labute approximate surface area is 151 Å². The number of aryl methyl sites for hydroxylation is 4. The molecular weight excluding hydrogens is 358 g/mol. The summed E-state index contributed by atoms with van der Waals surface area (Å²) in [5, 5.41) is 12.5. The Balaban J connectivity index is 1.50. The number of nitrogens with zero attached hydrogens (tertiary/aromatic N) is 3. The summed E-state index contributed by atoms with van der Waals surface area (Å²) in [5.41, 5.74) is 1.09.